The molecule has 1 heterocycles. The van der Waals surface area contributed by atoms with Crippen LogP contribution in [0.5, 0.6) is 0 Å². The molecule has 21 heavy (non-hydrogen) atoms. The number of nitrogens with one attached hydrogen (secondary N) is 1. The fourth-order valence-electron chi connectivity index (χ4n) is 2.90. The first-order chi connectivity index (χ1) is 9.66. The molecule has 0 aromatic heterocycles. The minimum Gasteiger partial charge on any atom is -0.481 e. The number of hydrogen-bond donors (Lipinski definition) is 2. The van der Waals surface area contributed by atoms with Gasteiger partial charge in [0.15, 0.2) is 0 Å². The van der Waals surface area contributed by atoms with Gasteiger partial charge in [0, 0.05) is 13.1 Å². The van der Waals surface area contributed by atoms with Crippen molar-refractivity contribution >= 4 is 12.0 Å². The van der Waals surface area contributed by atoms with E-state index >= 15 is 0 Å². The van der Waals surface area contributed by atoms with Crippen LogP contribution in [-0.2, 0) is 4.79 Å². The van der Waals surface area contributed by atoms with Crippen LogP contribution in [0.1, 0.15) is 39.0 Å². The van der Waals surface area contributed by atoms with Crippen molar-refractivity contribution in [2.75, 3.05) is 13.1 Å². The number of halogens is 3. The number of carbonyl (C=O) groups is 2. The molecule has 1 saturated heterocycles. The first-order valence-electron chi connectivity index (χ1n) is 7.03. The summed E-state index contributed by atoms with van der Waals surface area (Å²) in [6.07, 6.45) is -3.35. The van der Waals surface area contributed by atoms with Crippen LogP contribution in [0.3, 0.4) is 0 Å². The first kappa shape index (κ1) is 15.9. The number of hydrogen-bond acceptors (Lipinski definition) is 2. The second kappa shape index (κ2) is 5.06. The normalized spacial score (nSPS) is 27.5. The Morgan fingerprint density at radius 1 is 1.29 bits per heavy atom. The van der Waals surface area contributed by atoms with Gasteiger partial charge in [-0.3, -0.25) is 4.79 Å². The fourth-order valence-corrected chi connectivity index (χ4v) is 2.90. The molecule has 2 rings (SSSR count). The zero-order valence-electron chi connectivity index (χ0n) is 11.8. The van der Waals surface area contributed by atoms with Gasteiger partial charge < -0.3 is 15.3 Å². The Hall–Kier alpha value is -1.47. The highest BCUT2D eigenvalue weighted by Gasteiger charge is 2.64. The highest BCUT2D eigenvalue weighted by molar-refractivity contribution is 5.80. The van der Waals surface area contributed by atoms with Gasteiger partial charge in [0.2, 0.25) is 0 Å². The second-order valence-corrected chi connectivity index (χ2v) is 6.02. The van der Waals surface area contributed by atoms with Gasteiger partial charge in [-0.15, -0.1) is 0 Å². The van der Waals surface area contributed by atoms with Crippen molar-refractivity contribution in [3.05, 3.63) is 0 Å². The number of carboxylic acids is 1. The molecule has 1 aliphatic heterocycles. The minimum atomic E-state index is -4.46. The lowest BCUT2D eigenvalue weighted by molar-refractivity contribution is -0.163. The molecule has 0 bridgehead atoms. The molecule has 1 atom stereocenters. The number of nitrogens with zero attached hydrogens (tertiary/aromatic N) is 1. The van der Waals surface area contributed by atoms with E-state index in [0.717, 1.165) is 0 Å². The van der Waals surface area contributed by atoms with Crippen molar-refractivity contribution in [2.24, 2.45) is 5.41 Å². The number of rotatable bonds is 4. The Morgan fingerprint density at radius 3 is 2.33 bits per heavy atom. The molecule has 2 aliphatic rings. The lowest BCUT2D eigenvalue weighted by Crippen LogP contribution is -2.52. The van der Waals surface area contributed by atoms with Crippen LogP contribution in [0.4, 0.5) is 18.0 Å². The molecule has 120 valence electrons. The maximum atomic E-state index is 12.8. The Morgan fingerprint density at radius 2 is 1.90 bits per heavy atom. The predicted octanol–water partition coefficient (Wildman–Crippen LogP) is 2.37. The molecular weight excluding hydrogens is 289 g/mol. The number of urea groups is 1. The van der Waals surface area contributed by atoms with Crippen LogP contribution in [0.25, 0.3) is 0 Å². The summed E-state index contributed by atoms with van der Waals surface area (Å²) in [6, 6.07) is -0.816. The van der Waals surface area contributed by atoms with E-state index in [4.69, 9.17) is 0 Å². The number of likely N-dealkylation sites (tertiary alicyclic amines) is 1. The molecule has 1 aliphatic carbocycles. The molecular formula is C13H19F3N2O3. The molecule has 0 aromatic carbocycles. The third-order valence-corrected chi connectivity index (χ3v) is 4.46. The standard InChI is InChI=1S/C13H19F3N2O3/c1-2-3-11(9(19)20)6-7-18(8-11)10(21)17-12(4-5-12)13(14,15)16/h2-8H2,1H3,(H,17,21)(H,19,20). The Labute approximate surface area is 120 Å². The Kier molecular flexibility index (Phi) is 3.84. The summed E-state index contributed by atoms with van der Waals surface area (Å²) in [6.45, 7) is 1.98. The molecule has 0 radical (unpaired) electrons. The number of alkyl halides is 3. The zero-order chi connectivity index (χ0) is 15.9. The maximum absolute atomic E-state index is 12.8. The summed E-state index contributed by atoms with van der Waals surface area (Å²) in [5.74, 6) is -0.989. The molecule has 2 N–H and O–H groups in total. The van der Waals surface area contributed by atoms with Crippen LogP contribution in [0.2, 0.25) is 0 Å². The van der Waals surface area contributed by atoms with E-state index in [9.17, 15) is 27.9 Å². The second-order valence-electron chi connectivity index (χ2n) is 6.02. The lowest BCUT2D eigenvalue weighted by Gasteiger charge is -2.27. The van der Waals surface area contributed by atoms with Crippen LogP contribution in [-0.4, -0.2) is 46.8 Å². The maximum Gasteiger partial charge on any atom is 0.411 e. The average Bonchev–Trinajstić information content (AvgIpc) is 3.02. The quantitative estimate of drug-likeness (QED) is 0.837. The van der Waals surface area contributed by atoms with E-state index in [2.05, 4.69) is 0 Å². The lowest BCUT2D eigenvalue weighted by atomic mass is 9.83. The topological polar surface area (TPSA) is 69.6 Å². The van der Waals surface area contributed by atoms with E-state index in [1.807, 2.05) is 12.2 Å². The average molecular weight is 308 g/mol. The minimum absolute atomic E-state index is 0.0318. The van der Waals surface area contributed by atoms with Gasteiger partial charge in [0.1, 0.15) is 5.54 Å². The summed E-state index contributed by atoms with van der Waals surface area (Å²) in [5, 5.41) is 11.4. The van der Waals surface area contributed by atoms with Crippen molar-refractivity contribution in [3.8, 4) is 0 Å². The Balaban J connectivity index is 2.01. The smallest absolute Gasteiger partial charge is 0.411 e. The summed E-state index contributed by atoms with van der Waals surface area (Å²) >= 11 is 0. The first-order valence-corrected chi connectivity index (χ1v) is 7.03. The molecule has 1 unspecified atom stereocenters. The monoisotopic (exact) mass is 308 g/mol. The van der Waals surface area contributed by atoms with Crippen molar-refractivity contribution in [2.45, 2.75) is 50.7 Å². The van der Waals surface area contributed by atoms with Gasteiger partial charge in [-0.05, 0) is 25.7 Å². The molecule has 0 spiro atoms. The summed E-state index contributed by atoms with van der Waals surface area (Å²) in [7, 11) is 0. The summed E-state index contributed by atoms with van der Waals surface area (Å²) < 4.78 is 38.5. The van der Waals surface area contributed by atoms with Crippen LogP contribution in [0, 0.1) is 5.41 Å². The number of amides is 2. The molecule has 2 amide bonds. The summed E-state index contributed by atoms with van der Waals surface area (Å²) in [5.41, 5.74) is -3.13. The number of carboxylic acid groups (broad SMARTS) is 1. The largest absolute Gasteiger partial charge is 0.481 e. The van der Waals surface area contributed by atoms with Crippen LogP contribution in [0.15, 0.2) is 0 Å². The summed E-state index contributed by atoms with van der Waals surface area (Å²) in [4.78, 5) is 24.6. The van der Waals surface area contributed by atoms with Crippen molar-refractivity contribution in [1.29, 1.82) is 0 Å². The SMILES string of the molecule is CCCC1(C(=O)O)CCN(C(=O)NC2(C(F)(F)F)CC2)C1. The van der Waals surface area contributed by atoms with Gasteiger partial charge in [-0.25, -0.2) is 4.79 Å². The van der Waals surface area contributed by atoms with Crippen molar-refractivity contribution < 1.29 is 27.9 Å². The zero-order valence-corrected chi connectivity index (χ0v) is 11.8. The van der Waals surface area contributed by atoms with Gasteiger partial charge in [-0.1, -0.05) is 13.3 Å². The highest BCUT2D eigenvalue weighted by atomic mass is 19.4. The fraction of sp³-hybridized carbons (Fsp3) is 0.846. The molecule has 5 nitrogen and oxygen atoms in total. The van der Waals surface area contributed by atoms with Gasteiger partial charge >= 0.3 is 18.2 Å². The van der Waals surface area contributed by atoms with Crippen LogP contribution >= 0.6 is 0 Å². The molecule has 8 heteroatoms. The van der Waals surface area contributed by atoms with Gasteiger partial charge in [-0.2, -0.15) is 13.2 Å². The molecule has 0 aromatic rings. The third kappa shape index (κ3) is 2.80. The predicted molar refractivity (Wildman–Crippen MR) is 67.7 cm³/mol. The van der Waals surface area contributed by atoms with E-state index in [-0.39, 0.29) is 32.4 Å². The van der Waals surface area contributed by atoms with Crippen molar-refractivity contribution in [3.63, 3.8) is 0 Å². The Bertz CT molecular complexity index is 448. The number of aliphatic carboxylic acids is 1. The van der Waals surface area contributed by atoms with Crippen LogP contribution < -0.4 is 5.32 Å². The van der Waals surface area contributed by atoms with Crippen molar-refractivity contribution in [1.82, 2.24) is 10.2 Å². The van der Waals surface area contributed by atoms with Gasteiger partial charge in [0.05, 0.1) is 5.41 Å². The van der Waals surface area contributed by atoms with E-state index < -0.39 is 29.1 Å². The molecule has 1 saturated carbocycles. The number of carbonyl (C=O) groups excluding carboxylic acids is 1. The van der Waals surface area contributed by atoms with Gasteiger partial charge in [0.25, 0.3) is 0 Å². The molecule has 2 fully saturated rings. The van der Waals surface area contributed by atoms with E-state index in [1.54, 1.807) is 0 Å². The third-order valence-electron chi connectivity index (χ3n) is 4.46. The van der Waals surface area contributed by atoms with E-state index in [1.165, 1.54) is 4.90 Å². The van der Waals surface area contributed by atoms with E-state index in [0.29, 0.717) is 12.8 Å². The highest BCUT2D eigenvalue weighted by Crippen LogP contribution is 2.49.